The molecule has 0 aliphatic carbocycles. The number of methoxy groups -OCH3 is 1. The van der Waals surface area contributed by atoms with Gasteiger partial charge in [-0.3, -0.25) is 0 Å². The van der Waals surface area contributed by atoms with Crippen molar-refractivity contribution in [2.45, 2.75) is 0 Å². The Hall–Kier alpha value is -2.66. The number of ether oxygens (including phenoxy) is 1. The lowest BCUT2D eigenvalue weighted by Crippen LogP contribution is -2.10. The Morgan fingerprint density at radius 1 is 1.00 bits per heavy atom. The van der Waals surface area contributed by atoms with Gasteiger partial charge in [-0.05, 0) is 24.3 Å². The minimum Gasteiger partial charge on any atom is -0.496 e. The third-order valence-corrected chi connectivity index (χ3v) is 3.09. The highest BCUT2D eigenvalue weighted by atomic mass is 16.5. The fourth-order valence-corrected chi connectivity index (χ4v) is 2.14. The zero-order chi connectivity index (χ0) is 13.9. The van der Waals surface area contributed by atoms with E-state index in [4.69, 9.17) is 10.6 Å². The predicted octanol–water partition coefficient (Wildman–Crippen LogP) is 2.59. The Morgan fingerprint density at radius 3 is 2.55 bits per heavy atom. The Kier molecular flexibility index (Phi) is 3.18. The van der Waals surface area contributed by atoms with Crippen molar-refractivity contribution in [2.24, 2.45) is 5.84 Å². The van der Waals surface area contributed by atoms with Crippen molar-refractivity contribution in [3.63, 3.8) is 0 Å². The molecule has 0 atom stereocenters. The van der Waals surface area contributed by atoms with Gasteiger partial charge in [0.25, 0.3) is 0 Å². The normalized spacial score (nSPS) is 10.5. The fourth-order valence-electron chi connectivity index (χ4n) is 2.14. The van der Waals surface area contributed by atoms with E-state index >= 15 is 0 Å². The van der Waals surface area contributed by atoms with E-state index in [2.05, 4.69) is 15.4 Å². The Morgan fingerprint density at radius 2 is 1.75 bits per heavy atom. The summed E-state index contributed by atoms with van der Waals surface area (Å²) >= 11 is 0. The van der Waals surface area contributed by atoms with Gasteiger partial charge in [-0.1, -0.05) is 24.3 Å². The number of anilines is 1. The number of nitrogens with zero attached hydrogens (tertiary/aromatic N) is 2. The van der Waals surface area contributed by atoms with Crippen LogP contribution in [-0.4, -0.2) is 17.1 Å². The molecule has 0 amide bonds. The molecule has 0 saturated heterocycles. The largest absolute Gasteiger partial charge is 0.496 e. The van der Waals surface area contributed by atoms with Gasteiger partial charge in [0, 0.05) is 5.39 Å². The fraction of sp³-hybridized carbons (Fsp3) is 0.0667. The van der Waals surface area contributed by atoms with Crippen molar-refractivity contribution in [1.82, 2.24) is 9.97 Å². The van der Waals surface area contributed by atoms with Gasteiger partial charge in [-0.15, -0.1) is 0 Å². The second kappa shape index (κ2) is 5.14. The highest BCUT2D eigenvalue weighted by molar-refractivity contribution is 5.90. The van der Waals surface area contributed by atoms with Crippen LogP contribution in [0.4, 0.5) is 5.82 Å². The minimum absolute atomic E-state index is 0.578. The van der Waals surface area contributed by atoms with Gasteiger partial charge in [0.2, 0.25) is 0 Å². The summed E-state index contributed by atoms with van der Waals surface area (Å²) in [6, 6.07) is 15.3. The number of benzene rings is 2. The van der Waals surface area contributed by atoms with E-state index in [1.165, 1.54) is 0 Å². The van der Waals surface area contributed by atoms with Crippen molar-refractivity contribution in [2.75, 3.05) is 12.5 Å². The second-order valence-corrected chi connectivity index (χ2v) is 4.26. The molecule has 3 aromatic rings. The summed E-state index contributed by atoms with van der Waals surface area (Å²) in [5, 5.41) is 0.883. The molecule has 1 heterocycles. The zero-order valence-electron chi connectivity index (χ0n) is 11.0. The third kappa shape index (κ3) is 2.04. The molecular weight excluding hydrogens is 252 g/mol. The van der Waals surface area contributed by atoms with Gasteiger partial charge < -0.3 is 10.2 Å². The summed E-state index contributed by atoms with van der Waals surface area (Å²) in [5.74, 6) is 7.46. The third-order valence-electron chi connectivity index (χ3n) is 3.09. The van der Waals surface area contributed by atoms with Crippen LogP contribution in [0.2, 0.25) is 0 Å². The standard InChI is InChI=1S/C15H14N4O/c1-20-13-9-5-3-7-11(13)14-17-12-8-4-2-6-10(12)15(18-14)19-16/h2-9H,16H2,1H3,(H,17,18,19). The molecule has 5 heteroatoms. The molecular formula is C15H14N4O. The van der Waals surface area contributed by atoms with Gasteiger partial charge in [0.05, 0.1) is 18.2 Å². The molecule has 5 nitrogen and oxygen atoms in total. The summed E-state index contributed by atoms with van der Waals surface area (Å²) in [7, 11) is 1.63. The maximum atomic E-state index is 5.56. The van der Waals surface area contributed by atoms with Crippen molar-refractivity contribution in [1.29, 1.82) is 0 Å². The number of hydrogen-bond acceptors (Lipinski definition) is 5. The van der Waals surface area contributed by atoms with Crippen LogP contribution in [0.25, 0.3) is 22.3 Å². The predicted molar refractivity (Wildman–Crippen MR) is 79.3 cm³/mol. The van der Waals surface area contributed by atoms with Crippen LogP contribution in [-0.2, 0) is 0 Å². The van der Waals surface area contributed by atoms with Crippen molar-refractivity contribution in [3.8, 4) is 17.1 Å². The van der Waals surface area contributed by atoms with E-state index in [1.54, 1.807) is 7.11 Å². The summed E-state index contributed by atoms with van der Waals surface area (Å²) in [6.45, 7) is 0. The number of rotatable bonds is 3. The molecule has 100 valence electrons. The summed E-state index contributed by atoms with van der Waals surface area (Å²) < 4.78 is 5.35. The van der Waals surface area contributed by atoms with Crippen LogP contribution in [0.5, 0.6) is 5.75 Å². The van der Waals surface area contributed by atoms with Crippen LogP contribution in [0.1, 0.15) is 0 Å². The van der Waals surface area contributed by atoms with Crippen molar-refractivity contribution in [3.05, 3.63) is 48.5 Å². The number of para-hydroxylation sites is 2. The van der Waals surface area contributed by atoms with E-state index in [0.717, 1.165) is 22.2 Å². The highest BCUT2D eigenvalue weighted by Gasteiger charge is 2.11. The van der Waals surface area contributed by atoms with E-state index < -0.39 is 0 Å². The smallest absolute Gasteiger partial charge is 0.165 e. The average Bonchev–Trinajstić information content (AvgIpc) is 2.53. The Labute approximate surface area is 116 Å². The lowest BCUT2D eigenvalue weighted by molar-refractivity contribution is 0.416. The number of nitrogens with one attached hydrogen (secondary N) is 1. The van der Waals surface area contributed by atoms with Crippen LogP contribution in [0.3, 0.4) is 0 Å². The molecule has 2 aromatic carbocycles. The van der Waals surface area contributed by atoms with Gasteiger partial charge in [0.15, 0.2) is 11.6 Å². The molecule has 0 unspecified atom stereocenters. The van der Waals surface area contributed by atoms with Gasteiger partial charge >= 0.3 is 0 Å². The molecule has 1 aromatic heterocycles. The monoisotopic (exact) mass is 266 g/mol. The maximum absolute atomic E-state index is 5.56. The number of fused-ring (bicyclic) bond motifs is 1. The summed E-state index contributed by atoms with van der Waals surface area (Å²) in [4.78, 5) is 9.05. The first-order valence-electron chi connectivity index (χ1n) is 6.20. The molecule has 0 aliphatic rings. The molecule has 0 radical (unpaired) electrons. The van der Waals surface area contributed by atoms with E-state index in [-0.39, 0.29) is 0 Å². The van der Waals surface area contributed by atoms with E-state index in [9.17, 15) is 0 Å². The lowest BCUT2D eigenvalue weighted by atomic mass is 10.1. The summed E-state index contributed by atoms with van der Waals surface area (Å²) in [5.41, 5.74) is 4.29. The zero-order valence-corrected chi connectivity index (χ0v) is 11.0. The van der Waals surface area contributed by atoms with Gasteiger partial charge in [0.1, 0.15) is 5.75 Å². The molecule has 0 bridgehead atoms. The van der Waals surface area contributed by atoms with Crippen LogP contribution in [0, 0.1) is 0 Å². The van der Waals surface area contributed by atoms with Crippen molar-refractivity contribution >= 4 is 16.7 Å². The quantitative estimate of drug-likeness (QED) is 0.563. The average molecular weight is 266 g/mol. The molecule has 0 spiro atoms. The Bertz CT molecular complexity index is 758. The van der Waals surface area contributed by atoms with E-state index in [0.29, 0.717) is 11.6 Å². The van der Waals surface area contributed by atoms with Crippen LogP contribution >= 0.6 is 0 Å². The number of hydrogen-bond donors (Lipinski definition) is 2. The second-order valence-electron chi connectivity index (χ2n) is 4.26. The van der Waals surface area contributed by atoms with Crippen LogP contribution in [0.15, 0.2) is 48.5 Å². The molecule has 0 fully saturated rings. The minimum atomic E-state index is 0.578. The number of hydrazine groups is 1. The number of aromatic nitrogens is 2. The topological polar surface area (TPSA) is 73.1 Å². The number of nitrogen functional groups attached to an aromatic ring is 1. The first kappa shape index (κ1) is 12.4. The lowest BCUT2D eigenvalue weighted by Gasteiger charge is -2.10. The SMILES string of the molecule is COc1ccccc1-c1nc(NN)c2ccccc2n1. The first-order valence-corrected chi connectivity index (χ1v) is 6.20. The van der Waals surface area contributed by atoms with Gasteiger partial charge in [-0.25, -0.2) is 15.8 Å². The molecule has 3 N–H and O–H groups in total. The Balaban J connectivity index is 2.26. The first-order chi connectivity index (χ1) is 9.83. The molecule has 20 heavy (non-hydrogen) atoms. The molecule has 3 rings (SSSR count). The number of nitrogens with two attached hydrogens (primary N) is 1. The summed E-state index contributed by atoms with van der Waals surface area (Å²) in [6.07, 6.45) is 0. The van der Waals surface area contributed by atoms with Crippen molar-refractivity contribution < 1.29 is 4.74 Å². The van der Waals surface area contributed by atoms with Gasteiger partial charge in [-0.2, -0.15) is 0 Å². The molecule has 0 aliphatic heterocycles. The van der Waals surface area contributed by atoms with E-state index in [1.807, 2.05) is 48.5 Å². The molecule has 0 saturated carbocycles. The maximum Gasteiger partial charge on any atom is 0.165 e. The highest BCUT2D eigenvalue weighted by Crippen LogP contribution is 2.30. The van der Waals surface area contributed by atoms with Crippen LogP contribution < -0.4 is 16.0 Å².